The maximum absolute atomic E-state index is 12.6. The summed E-state index contributed by atoms with van der Waals surface area (Å²) in [6.07, 6.45) is 0.527. The van der Waals surface area contributed by atoms with Crippen LogP contribution in [0.4, 0.5) is 0 Å². The fourth-order valence-corrected chi connectivity index (χ4v) is 3.48. The molecule has 6 nitrogen and oxygen atoms in total. The molecule has 2 aromatic rings. The zero-order valence-electron chi connectivity index (χ0n) is 13.2. The molecule has 7 heteroatoms. The summed E-state index contributed by atoms with van der Waals surface area (Å²) in [7, 11) is 0. The number of nitrogens with one attached hydrogen (secondary N) is 1. The van der Waals surface area contributed by atoms with Gasteiger partial charge in [-0.1, -0.05) is 12.1 Å². The Morgan fingerprint density at radius 1 is 1.33 bits per heavy atom. The number of thiazole rings is 1. The molecule has 1 aromatic heterocycles. The van der Waals surface area contributed by atoms with Gasteiger partial charge in [-0.05, 0) is 19.1 Å². The average molecular weight is 346 g/mol. The van der Waals surface area contributed by atoms with Crippen molar-refractivity contribution in [1.82, 2.24) is 10.3 Å². The van der Waals surface area contributed by atoms with Crippen LogP contribution in [0, 0.1) is 6.92 Å². The molecule has 1 aromatic carbocycles. The number of aryl methyl sites for hydroxylation is 1. The first kappa shape index (κ1) is 16.6. The van der Waals surface area contributed by atoms with Gasteiger partial charge in [0.05, 0.1) is 0 Å². The van der Waals surface area contributed by atoms with Gasteiger partial charge >= 0.3 is 5.97 Å². The van der Waals surface area contributed by atoms with Crippen LogP contribution in [0.2, 0.25) is 0 Å². The molecule has 0 radical (unpaired) electrons. The highest BCUT2D eigenvalue weighted by molar-refractivity contribution is 7.13. The molecule has 0 unspecified atom stereocenters. The number of aliphatic carboxylic acids is 1. The number of aromatic nitrogens is 1. The van der Waals surface area contributed by atoms with Crippen molar-refractivity contribution in [3.63, 3.8) is 0 Å². The Hall–Kier alpha value is -2.25. The van der Waals surface area contributed by atoms with E-state index in [2.05, 4.69) is 10.3 Å². The van der Waals surface area contributed by atoms with Crippen LogP contribution in [0.3, 0.4) is 0 Å². The van der Waals surface area contributed by atoms with Gasteiger partial charge in [-0.3, -0.25) is 4.79 Å². The van der Waals surface area contributed by atoms with Gasteiger partial charge in [-0.2, -0.15) is 0 Å². The molecular weight excluding hydrogens is 328 g/mol. The predicted octanol–water partition coefficient (Wildman–Crippen LogP) is 2.48. The summed E-state index contributed by atoms with van der Waals surface area (Å²) in [6, 6.07) is 7.07. The quantitative estimate of drug-likeness (QED) is 0.888. The second-order valence-corrected chi connectivity index (χ2v) is 6.69. The van der Waals surface area contributed by atoms with Crippen LogP contribution in [-0.4, -0.2) is 40.7 Å². The van der Waals surface area contributed by atoms with Crippen LogP contribution in [0.25, 0.3) is 10.6 Å². The number of benzene rings is 1. The number of amides is 1. The summed E-state index contributed by atoms with van der Waals surface area (Å²) in [5.41, 5.74) is 0.935. The first-order chi connectivity index (χ1) is 11.5. The zero-order valence-corrected chi connectivity index (χ0v) is 14.1. The van der Waals surface area contributed by atoms with Crippen molar-refractivity contribution < 1.29 is 19.4 Å². The van der Waals surface area contributed by atoms with Crippen molar-refractivity contribution >= 4 is 23.2 Å². The number of rotatable bonds is 4. The maximum Gasteiger partial charge on any atom is 0.329 e. The third-order valence-corrected chi connectivity index (χ3v) is 5.11. The average Bonchev–Trinajstić information content (AvgIpc) is 3.02. The van der Waals surface area contributed by atoms with Gasteiger partial charge in [0, 0.05) is 48.3 Å². The van der Waals surface area contributed by atoms with E-state index in [-0.39, 0.29) is 12.8 Å². The van der Waals surface area contributed by atoms with E-state index in [0.717, 1.165) is 16.3 Å². The molecule has 1 fully saturated rings. The second-order valence-electron chi connectivity index (χ2n) is 5.83. The lowest BCUT2D eigenvalue weighted by Crippen LogP contribution is -2.57. The molecule has 0 saturated carbocycles. The van der Waals surface area contributed by atoms with Gasteiger partial charge in [0.2, 0.25) is 0 Å². The third-order valence-electron chi connectivity index (χ3n) is 4.10. The number of carboxylic acid groups (broad SMARTS) is 1. The van der Waals surface area contributed by atoms with Crippen LogP contribution < -0.4 is 5.32 Å². The minimum Gasteiger partial charge on any atom is -0.480 e. The normalized spacial score (nSPS) is 16.5. The molecule has 2 N–H and O–H groups in total. The van der Waals surface area contributed by atoms with Crippen LogP contribution in [-0.2, 0) is 9.53 Å². The lowest BCUT2D eigenvalue weighted by Gasteiger charge is -2.33. The molecule has 24 heavy (non-hydrogen) atoms. The Balaban J connectivity index is 1.83. The summed E-state index contributed by atoms with van der Waals surface area (Å²) in [5.74, 6) is -1.42. The molecule has 1 amide bonds. The highest BCUT2D eigenvalue weighted by atomic mass is 32.1. The molecule has 1 aliphatic rings. The Morgan fingerprint density at radius 3 is 2.71 bits per heavy atom. The molecule has 126 valence electrons. The summed E-state index contributed by atoms with van der Waals surface area (Å²) in [5, 5.41) is 15.0. The van der Waals surface area contributed by atoms with Gasteiger partial charge in [0.1, 0.15) is 10.5 Å². The maximum atomic E-state index is 12.6. The molecule has 0 bridgehead atoms. The van der Waals surface area contributed by atoms with Crippen molar-refractivity contribution in [2.75, 3.05) is 13.2 Å². The van der Waals surface area contributed by atoms with E-state index >= 15 is 0 Å². The fourth-order valence-electron chi connectivity index (χ4n) is 2.68. The monoisotopic (exact) mass is 346 g/mol. The molecule has 0 atom stereocenters. The number of ether oxygens (including phenoxy) is 1. The van der Waals surface area contributed by atoms with Gasteiger partial charge < -0.3 is 15.2 Å². The second kappa shape index (κ2) is 6.70. The Labute approximate surface area is 143 Å². The van der Waals surface area contributed by atoms with E-state index in [1.807, 2.05) is 18.4 Å². The van der Waals surface area contributed by atoms with Crippen LogP contribution in [0.5, 0.6) is 0 Å². The van der Waals surface area contributed by atoms with E-state index in [0.29, 0.717) is 18.8 Å². The largest absolute Gasteiger partial charge is 0.480 e. The Bertz CT molecular complexity index is 765. The number of nitrogens with zero attached hydrogens (tertiary/aromatic N) is 1. The summed E-state index contributed by atoms with van der Waals surface area (Å²) < 4.78 is 5.22. The lowest BCUT2D eigenvalue weighted by molar-refractivity contribution is -0.148. The van der Waals surface area contributed by atoms with E-state index in [4.69, 9.17) is 4.74 Å². The minimum absolute atomic E-state index is 0.263. The molecule has 3 rings (SSSR count). The topological polar surface area (TPSA) is 88.5 Å². The minimum atomic E-state index is -1.26. The smallest absolute Gasteiger partial charge is 0.329 e. The van der Waals surface area contributed by atoms with Gasteiger partial charge in [0.15, 0.2) is 0 Å². The van der Waals surface area contributed by atoms with E-state index in [1.165, 1.54) is 11.3 Å². The Kier molecular flexibility index (Phi) is 4.64. The molecule has 1 aliphatic heterocycles. The number of carbonyl (C=O) groups is 2. The lowest BCUT2D eigenvalue weighted by atomic mass is 9.89. The first-order valence-electron chi connectivity index (χ1n) is 7.66. The van der Waals surface area contributed by atoms with Gasteiger partial charge in [0.25, 0.3) is 5.91 Å². The van der Waals surface area contributed by atoms with Gasteiger partial charge in [-0.25, -0.2) is 9.78 Å². The van der Waals surface area contributed by atoms with Crippen molar-refractivity contribution in [2.45, 2.75) is 25.3 Å². The highest BCUT2D eigenvalue weighted by Crippen LogP contribution is 2.25. The van der Waals surface area contributed by atoms with Crippen molar-refractivity contribution in [3.05, 3.63) is 40.9 Å². The molecule has 0 aliphatic carbocycles. The van der Waals surface area contributed by atoms with E-state index < -0.39 is 17.4 Å². The molecule has 2 heterocycles. The van der Waals surface area contributed by atoms with E-state index in [1.54, 1.807) is 18.2 Å². The molecule has 1 saturated heterocycles. The fraction of sp³-hybridized carbons (Fsp3) is 0.353. The summed E-state index contributed by atoms with van der Waals surface area (Å²) in [6.45, 7) is 2.56. The highest BCUT2D eigenvalue weighted by Gasteiger charge is 2.41. The van der Waals surface area contributed by atoms with Crippen molar-refractivity contribution in [3.8, 4) is 10.6 Å². The Morgan fingerprint density at radius 2 is 2.08 bits per heavy atom. The first-order valence-corrected chi connectivity index (χ1v) is 8.54. The SMILES string of the molecule is Cc1csc(-c2cccc(C(=O)NC3(C(=O)O)CCOCC3)c2)n1. The zero-order chi connectivity index (χ0) is 17.2. The number of carboxylic acids is 1. The molecule has 0 spiro atoms. The summed E-state index contributed by atoms with van der Waals surface area (Å²) in [4.78, 5) is 28.6. The summed E-state index contributed by atoms with van der Waals surface area (Å²) >= 11 is 1.51. The molecular formula is C17H18N2O4S. The van der Waals surface area contributed by atoms with Gasteiger partial charge in [-0.15, -0.1) is 11.3 Å². The van der Waals surface area contributed by atoms with E-state index in [9.17, 15) is 14.7 Å². The van der Waals surface area contributed by atoms with Crippen LogP contribution in [0.1, 0.15) is 28.9 Å². The standard InChI is InChI=1S/C17H18N2O4S/c1-11-10-24-15(18-11)13-4-2-3-12(9-13)14(20)19-17(16(21)22)5-7-23-8-6-17/h2-4,9-10H,5-8H2,1H3,(H,19,20)(H,21,22). The number of carbonyl (C=O) groups excluding carboxylic acids is 1. The number of hydrogen-bond donors (Lipinski definition) is 2. The predicted molar refractivity (Wildman–Crippen MR) is 90.2 cm³/mol. The third kappa shape index (κ3) is 3.32. The van der Waals surface area contributed by atoms with Crippen LogP contribution in [0.15, 0.2) is 29.6 Å². The van der Waals surface area contributed by atoms with Crippen LogP contribution >= 0.6 is 11.3 Å². The van der Waals surface area contributed by atoms with Crippen molar-refractivity contribution in [2.24, 2.45) is 0 Å². The van der Waals surface area contributed by atoms with Crippen molar-refractivity contribution in [1.29, 1.82) is 0 Å². The number of hydrogen-bond acceptors (Lipinski definition) is 5.